The molecule has 4 aliphatic rings. The van der Waals surface area contributed by atoms with E-state index in [0.29, 0.717) is 24.3 Å². The third kappa shape index (κ3) is 3.65. The Morgan fingerprint density at radius 2 is 1.93 bits per heavy atom. The number of ether oxygens (including phenoxy) is 1. The zero-order valence-electron chi connectivity index (χ0n) is 16.8. The summed E-state index contributed by atoms with van der Waals surface area (Å²) in [6.45, 7) is 6.91. The van der Waals surface area contributed by atoms with Crippen molar-refractivity contribution in [3.8, 4) is 0 Å². The lowest BCUT2D eigenvalue weighted by atomic mass is 9.90. The number of amides is 1. The van der Waals surface area contributed by atoms with Crippen molar-refractivity contribution in [1.82, 2.24) is 9.80 Å². The summed E-state index contributed by atoms with van der Waals surface area (Å²) >= 11 is 0. The van der Waals surface area contributed by atoms with Crippen LogP contribution in [0.3, 0.4) is 0 Å². The lowest BCUT2D eigenvalue weighted by Gasteiger charge is -2.21. The number of hydrogen-bond acceptors (Lipinski definition) is 3. The van der Waals surface area contributed by atoms with Gasteiger partial charge < -0.3 is 14.5 Å². The Hall–Kier alpha value is -1.65. The molecule has 1 amide bonds. The Morgan fingerprint density at radius 3 is 2.68 bits per heavy atom. The van der Waals surface area contributed by atoms with Crippen molar-refractivity contribution < 1.29 is 9.53 Å². The number of fused-ring (bicyclic) bond motifs is 1. The molecule has 4 nitrogen and oxygen atoms in total. The quantitative estimate of drug-likeness (QED) is 0.786. The summed E-state index contributed by atoms with van der Waals surface area (Å²) in [6, 6.07) is 9.24. The van der Waals surface area contributed by atoms with Crippen LogP contribution >= 0.6 is 0 Å². The van der Waals surface area contributed by atoms with Crippen molar-refractivity contribution >= 4 is 11.5 Å². The first kappa shape index (κ1) is 18.4. The van der Waals surface area contributed by atoms with E-state index in [1.807, 2.05) is 0 Å². The molecular weight excluding hydrogens is 348 g/mol. The van der Waals surface area contributed by atoms with Crippen molar-refractivity contribution in [3.63, 3.8) is 0 Å². The Balaban J connectivity index is 1.20. The molecule has 1 unspecified atom stereocenters. The van der Waals surface area contributed by atoms with E-state index < -0.39 is 0 Å². The van der Waals surface area contributed by atoms with E-state index in [4.69, 9.17) is 4.74 Å². The molecule has 0 bridgehead atoms. The van der Waals surface area contributed by atoms with Crippen LogP contribution in [-0.2, 0) is 16.0 Å². The van der Waals surface area contributed by atoms with Gasteiger partial charge in [-0.2, -0.15) is 0 Å². The van der Waals surface area contributed by atoms with Crippen LogP contribution in [-0.4, -0.2) is 61.6 Å². The highest BCUT2D eigenvalue weighted by atomic mass is 16.5. The molecule has 0 radical (unpaired) electrons. The molecular formula is C24H32N2O2. The zero-order valence-corrected chi connectivity index (χ0v) is 16.8. The van der Waals surface area contributed by atoms with Gasteiger partial charge in [-0.15, -0.1) is 0 Å². The van der Waals surface area contributed by atoms with Crippen molar-refractivity contribution in [3.05, 3.63) is 41.5 Å². The second-order valence-corrected chi connectivity index (χ2v) is 9.06. The summed E-state index contributed by atoms with van der Waals surface area (Å²) < 4.78 is 5.42. The van der Waals surface area contributed by atoms with Gasteiger partial charge in [0.1, 0.15) is 0 Å². The lowest BCUT2D eigenvalue weighted by Crippen LogP contribution is -2.35. The molecule has 0 spiro atoms. The minimum absolute atomic E-state index is 0.0983. The van der Waals surface area contributed by atoms with E-state index in [2.05, 4.69) is 40.1 Å². The van der Waals surface area contributed by atoms with E-state index in [1.165, 1.54) is 49.2 Å². The van der Waals surface area contributed by atoms with Crippen LogP contribution in [0.4, 0.5) is 0 Å². The molecule has 3 saturated heterocycles. The number of nitrogens with zero attached hydrogens (tertiary/aromatic N) is 2. The fraction of sp³-hybridized carbons (Fsp3) is 0.625. The maximum absolute atomic E-state index is 12.8. The van der Waals surface area contributed by atoms with Gasteiger partial charge in [0, 0.05) is 32.2 Å². The van der Waals surface area contributed by atoms with Gasteiger partial charge in [0.2, 0.25) is 5.91 Å². The number of hydrogen-bond donors (Lipinski definition) is 0. The van der Waals surface area contributed by atoms with Gasteiger partial charge in [-0.05, 0) is 67.8 Å². The van der Waals surface area contributed by atoms with E-state index >= 15 is 0 Å². The molecule has 0 aromatic heterocycles. The van der Waals surface area contributed by atoms with Gasteiger partial charge in [0.05, 0.1) is 12.5 Å². The SMILES string of the molecule is O=C(C1CCOC1)N1C[C@H]2CC=C(c3ccc(CCN4CCCC4)cc3)[C@H]2C1. The monoisotopic (exact) mass is 380 g/mol. The summed E-state index contributed by atoms with van der Waals surface area (Å²) in [7, 11) is 0. The highest BCUT2D eigenvalue weighted by Gasteiger charge is 2.42. The molecule has 1 aliphatic carbocycles. The molecule has 3 atom stereocenters. The molecule has 28 heavy (non-hydrogen) atoms. The average molecular weight is 381 g/mol. The number of likely N-dealkylation sites (tertiary alicyclic amines) is 2. The van der Waals surface area contributed by atoms with Gasteiger partial charge in [-0.3, -0.25) is 4.79 Å². The maximum Gasteiger partial charge on any atom is 0.228 e. The van der Waals surface area contributed by atoms with Gasteiger partial charge in [-0.25, -0.2) is 0 Å². The molecule has 5 rings (SSSR count). The average Bonchev–Trinajstić information content (AvgIpc) is 3.51. The highest BCUT2D eigenvalue weighted by molar-refractivity contribution is 5.81. The van der Waals surface area contributed by atoms with E-state index in [0.717, 1.165) is 39.0 Å². The lowest BCUT2D eigenvalue weighted by molar-refractivity contribution is -0.134. The second kappa shape index (κ2) is 8.00. The topological polar surface area (TPSA) is 32.8 Å². The Kier molecular flexibility index (Phi) is 5.25. The standard InChI is InChI=1S/C24H32N2O2/c27-24(21-10-14-28-17-21)26-15-20-7-8-22(23(20)16-26)19-5-3-18(4-6-19)9-13-25-11-1-2-12-25/h3-6,8,20-21,23H,1-2,7,9-17H2/t20-,21?,23+/m1/s1. The third-order valence-corrected chi connectivity index (χ3v) is 7.27. The molecule has 1 aromatic rings. The molecule has 3 fully saturated rings. The van der Waals surface area contributed by atoms with E-state index in [-0.39, 0.29) is 5.92 Å². The first-order valence-corrected chi connectivity index (χ1v) is 11.2. The minimum atomic E-state index is 0.0983. The molecule has 0 N–H and O–H groups in total. The summed E-state index contributed by atoms with van der Waals surface area (Å²) in [6.07, 6.45) is 8.31. The van der Waals surface area contributed by atoms with Crippen LogP contribution < -0.4 is 0 Å². The van der Waals surface area contributed by atoms with Crippen molar-refractivity contribution in [1.29, 1.82) is 0 Å². The predicted molar refractivity (Wildman–Crippen MR) is 111 cm³/mol. The van der Waals surface area contributed by atoms with Crippen LogP contribution in [0.5, 0.6) is 0 Å². The van der Waals surface area contributed by atoms with Gasteiger partial charge in [0.25, 0.3) is 0 Å². The summed E-state index contributed by atoms with van der Waals surface area (Å²) in [5.41, 5.74) is 4.26. The van der Waals surface area contributed by atoms with Crippen LogP contribution in [0.1, 0.15) is 36.8 Å². The van der Waals surface area contributed by atoms with Crippen molar-refractivity contribution in [2.45, 2.75) is 32.1 Å². The van der Waals surface area contributed by atoms with Crippen LogP contribution in [0, 0.1) is 17.8 Å². The fourth-order valence-electron chi connectivity index (χ4n) is 5.55. The Labute approximate surface area is 168 Å². The molecule has 1 aromatic carbocycles. The van der Waals surface area contributed by atoms with E-state index in [9.17, 15) is 4.79 Å². The van der Waals surface area contributed by atoms with Gasteiger partial charge in [-0.1, -0.05) is 30.3 Å². The van der Waals surface area contributed by atoms with Crippen LogP contribution in [0.2, 0.25) is 0 Å². The number of carbonyl (C=O) groups excluding carboxylic acids is 1. The van der Waals surface area contributed by atoms with E-state index in [1.54, 1.807) is 0 Å². The number of rotatable bonds is 5. The predicted octanol–water partition coefficient (Wildman–Crippen LogP) is 3.22. The number of carbonyl (C=O) groups is 1. The Morgan fingerprint density at radius 1 is 1.11 bits per heavy atom. The molecule has 150 valence electrons. The normalized spacial score (nSPS) is 30.1. The van der Waals surface area contributed by atoms with Gasteiger partial charge >= 0.3 is 0 Å². The molecule has 4 heteroatoms. The first-order chi connectivity index (χ1) is 13.8. The first-order valence-electron chi connectivity index (χ1n) is 11.2. The van der Waals surface area contributed by atoms with Crippen LogP contribution in [0.25, 0.3) is 5.57 Å². The van der Waals surface area contributed by atoms with Gasteiger partial charge in [0.15, 0.2) is 0 Å². The maximum atomic E-state index is 12.8. The van der Waals surface area contributed by atoms with Crippen molar-refractivity contribution in [2.24, 2.45) is 17.8 Å². The zero-order chi connectivity index (χ0) is 18.9. The van der Waals surface area contributed by atoms with Crippen LogP contribution in [0.15, 0.2) is 30.3 Å². The minimum Gasteiger partial charge on any atom is -0.381 e. The fourth-order valence-corrected chi connectivity index (χ4v) is 5.55. The molecule has 0 saturated carbocycles. The number of benzene rings is 1. The van der Waals surface area contributed by atoms with Crippen molar-refractivity contribution in [2.75, 3.05) is 45.9 Å². The second-order valence-electron chi connectivity index (χ2n) is 9.06. The highest BCUT2D eigenvalue weighted by Crippen LogP contribution is 2.43. The summed E-state index contributed by atoms with van der Waals surface area (Å²) in [5, 5.41) is 0. The molecule has 3 heterocycles. The molecule has 3 aliphatic heterocycles. The Bertz CT molecular complexity index is 729. The largest absolute Gasteiger partial charge is 0.381 e. The third-order valence-electron chi connectivity index (χ3n) is 7.27. The number of allylic oxidation sites excluding steroid dienone is 1. The smallest absolute Gasteiger partial charge is 0.228 e. The summed E-state index contributed by atoms with van der Waals surface area (Å²) in [5.74, 6) is 1.54. The summed E-state index contributed by atoms with van der Waals surface area (Å²) in [4.78, 5) is 17.5.